The Morgan fingerprint density at radius 3 is 2.41 bits per heavy atom. The van der Waals surface area contributed by atoms with E-state index in [1.165, 1.54) is 80.1 Å². The maximum absolute atomic E-state index is 12.4. The van der Waals surface area contributed by atoms with Gasteiger partial charge in [-0.2, -0.15) is 0 Å². The molecule has 2 spiro atoms. The first-order valence-electron chi connectivity index (χ1n) is 22.5. The molecule has 1 aliphatic heterocycles. The van der Waals surface area contributed by atoms with Gasteiger partial charge in [0.1, 0.15) is 12.4 Å². The molecule has 0 bridgehead atoms. The first-order chi connectivity index (χ1) is 29.7. The number of nitrogens with zero attached hydrogens (tertiary/aromatic N) is 2. The number of hydrogen-bond acceptors (Lipinski definition) is 9. The number of phenolic OH excluding ortho intramolecular Hbond substituents is 5. The Morgan fingerprint density at radius 2 is 1.56 bits per heavy atom. The molecule has 0 saturated heterocycles. The number of nitrogens with one attached hydrogen (secondary N) is 1. The SMILES string of the molecule is Oc1ccc(/C=C/c2c(CCc3ccc(CN[C@H]4C=C[C@H]5CC[C@@H]6CCC7=NCN=C7[C@@]47[C@H]4[C@H](O)C=C[C@@H]8CCC[C@@]84CC[C@@]657)cc3)c(O)c(O)c3c(O)cccc23)cc1O. The number of aliphatic hydroxyl groups is 1. The van der Waals surface area contributed by atoms with Crippen molar-refractivity contribution in [2.24, 2.45) is 49.9 Å². The van der Waals surface area contributed by atoms with Crippen molar-refractivity contribution in [3.8, 4) is 28.7 Å². The number of aryl methyl sites for hydroxylation is 1. The van der Waals surface area contributed by atoms with E-state index in [9.17, 15) is 30.6 Å². The van der Waals surface area contributed by atoms with Crippen LogP contribution in [0.2, 0.25) is 0 Å². The molecule has 0 amide bonds. The maximum Gasteiger partial charge on any atom is 0.169 e. The zero-order chi connectivity index (χ0) is 41.7. The van der Waals surface area contributed by atoms with Crippen molar-refractivity contribution in [3.05, 3.63) is 113 Å². The molecular weight excluding hydrogens is 763 g/mol. The second-order valence-corrected chi connectivity index (χ2v) is 19.1. The molecule has 4 fully saturated rings. The fourth-order valence-corrected chi connectivity index (χ4v) is 14.5. The van der Waals surface area contributed by atoms with Crippen LogP contribution in [0.25, 0.3) is 22.9 Å². The highest BCUT2D eigenvalue weighted by molar-refractivity contribution is 6.46. The van der Waals surface area contributed by atoms with Crippen molar-refractivity contribution >= 4 is 34.3 Å². The third kappa shape index (κ3) is 5.51. The van der Waals surface area contributed by atoms with Gasteiger partial charge in [0.15, 0.2) is 23.0 Å². The van der Waals surface area contributed by atoms with Gasteiger partial charge in [0, 0.05) is 29.5 Å². The summed E-state index contributed by atoms with van der Waals surface area (Å²) in [5.74, 6) is 0.420. The van der Waals surface area contributed by atoms with Crippen molar-refractivity contribution in [1.29, 1.82) is 0 Å². The Bertz CT molecular complexity index is 2590. The monoisotopic (exact) mass is 817 g/mol. The van der Waals surface area contributed by atoms with Gasteiger partial charge in [0.2, 0.25) is 0 Å². The maximum atomic E-state index is 12.4. The van der Waals surface area contributed by atoms with Gasteiger partial charge in [0.25, 0.3) is 0 Å². The minimum absolute atomic E-state index is 0.00811. The van der Waals surface area contributed by atoms with Gasteiger partial charge in [0.05, 0.1) is 22.9 Å². The number of benzene rings is 4. The lowest BCUT2D eigenvalue weighted by Gasteiger charge is -2.70. The fourth-order valence-electron chi connectivity index (χ4n) is 14.5. The first kappa shape index (κ1) is 38.5. The summed E-state index contributed by atoms with van der Waals surface area (Å²) in [7, 11) is 0. The highest BCUT2D eigenvalue weighted by Gasteiger charge is 2.77. The summed E-state index contributed by atoms with van der Waals surface area (Å²) in [6, 6.07) is 18.2. The van der Waals surface area contributed by atoms with E-state index in [-0.39, 0.29) is 62.3 Å². The van der Waals surface area contributed by atoms with Crippen LogP contribution >= 0.6 is 0 Å². The third-order valence-electron chi connectivity index (χ3n) is 16.8. The largest absolute Gasteiger partial charge is 0.507 e. The second kappa shape index (κ2) is 14.3. The molecule has 0 aromatic heterocycles. The summed E-state index contributed by atoms with van der Waals surface area (Å²) in [6.45, 7) is 1.17. The zero-order valence-corrected chi connectivity index (χ0v) is 34.5. The lowest BCUT2D eigenvalue weighted by atomic mass is 9.34. The van der Waals surface area contributed by atoms with Crippen molar-refractivity contribution in [1.82, 2.24) is 5.32 Å². The molecule has 9 nitrogen and oxygen atoms in total. The number of hydrogen-bond donors (Lipinski definition) is 7. The van der Waals surface area contributed by atoms with Crippen LogP contribution in [-0.4, -0.2) is 60.9 Å². The number of aromatic hydroxyl groups is 5. The summed E-state index contributed by atoms with van der Waals surface area (Å²) >= 11 is 0. The van der Waals surface area contributed by atoms with Crippen LogP contribution in [0.5, 0.6) is 28.7 Å². The van der Waals surface area contributed by atoms with E-state index in [0.29, 0.717) is 65.9 Å². The third-order valence-corrected chi connectivity index (χ3v) is 16.8. The van der Waals surface area contributed by atoms with Crippen molar-refractivity contribution in [2.75, 3.05) is 6.67 Å². The van der Waals surface area contributed by atoms with Gasteiger partial charge < -0.3 is 36.0 Å². The quantitative estimate of drug-likeness (QED) is 0.0531. The second-order valence-electron chi connectivity index (χ2n) is 19.1. The van der Waals surface area contributed by atoms with Gasteiger partial charge in [-0.05, 0) is 139 Å². The Labute approximate surface area is 356 Å². The van der Waals surface area contributed by atoms with Crippen LogP contribution in [0, 0.1) is 39.9 Å². The number of rotatable bonds is 8. The predicted octanol–water partition coefficient (Wildman–Crippen LogP) is 9.12. The highest BCUT2D eigenvalue weighted by atomic mass is 16.3. The van der Waals surface area contributed by atoms with Crippen molar-refractivity contribution in [3.63, 3.8) is 0 Å². The number of phenols is 5. The molecule has 4 saturated carbocycles. The van der Waals surface area contributed by atoms with E-state index in [4.69, 9.17) is 9.98 Å². The molecule has 7 N–H and O–H groups in total. The van der Waals surface area contributed by atoms with Crippen LogP contribution in [0.1, 0.15) is 85.6 Å². The summed E-state index contributed by atoms with van der Waals surface area (Å²) in [5.41, 5.74) is 6.25. The number of fused-ring (bicyclic) bond motifs is 2. The molecule has 314 valence electrons. The highest BCUT2D eigenvalue weighted by Crippen LogP contribution is 2.78. The molecule has 7 aliphatic rings. The number of aliphatic hydroxyl groups excluding tert-OH is 1. The minimum Gasteiger partial charge on any atom is -0.507 e. The van der Waals surface area contributed by atoms with Crippen molar-refractivity contribution in [2.45, 2.75) is 89.3 Å². The van der Waals surface area contributed by atoms with E-state index in [2.05, 4.69) is 53.9 Å². The first-order valence-corrected chi connectivity index (χ1v) is 22.5. The molecule has 0 radical (unpaired) electrons. The van der Waals surface area contributed by atoms with Crippen LogP contribution in [0.3, 0.4) is 0 Å². The zero-order valence-electron chi connectivity index (χ0n) is 34.5. The molecule has 1 heterocycles. The summed E-state index contributed by atoms with van der Waals surface area (Å²) in [4.78, 5) is 10.5. The minimum atomic E-state index is -0.516. The van der Waals surface area contributed by atoms with E-state index < -0.39 is 6.10 Å². The molecule has 61 heavy (non-hydrogen) atoms. The smallest absolute Gasteiger partial charge is 0.169 e. The molecule has 9 heteroatoms. The van der Waals surface area contributed by atoms with Gasteiger partial charge in [-0.15, -0.1) is 0 Å². The van der Waals surface area contributed by atoms with E-state index in [0.717, 1.165) is 18.4 Å². The molecule has 4 aromatic carbocycles. The normalized spacial score (nSPS) is 33.1. The Kier molecular flexibility index (Phi) is 9.06. The van der Waals surface area contributed by atoms with Gasteiger partial charge in [-0.3, -0.25) is 9.98 Å². The van der Waals surface area contributed by atoms with E-state index >= 15 is 0 Å². The summed E-state index contributed by atoms with van der Waals surface area (Å²) < 4.78 is 0. The van der Waals surface area contributed by atoms with Crippen LogP contribution in [0.4, 0.5) is 0 Å². The van der Waals surface area contributed by atoms with Gasteiger partial charge in [-0.1, -0.05) is 85.3 Å². The average molecular weight is 818 g/mol. The Hall–Kier alpha value is -5.38. The Balaban J connectivity index is 0.897. The van der Waals surface area contributed by atoms with Gasteiger partial charge >= 0.3 is 0 Å². The molecule has 0 unspecified atom stereocenters. The topological polar surface area (TPSA) is 158 Å². The molecule has 11 rings (SSSR count). The van der Waals surface area contributed by atoms with Crippen LogP contribution in [-0.2, 0) is 19.4 Å². The average Bonchev–Trinajstić information content (AvgIpc) is 3.99. The fraction of sp³-hybridized carbons (Fsp3) is 0.423. The standard InChI is InChI=1S/C52H55N3O6/c56-40-21-12-31(27-43(40)59)11-18-36-37-4-1-5-41(57)45(37)47(61)46(60)38(36)19-10-30-6-8-32(9-7-30)28-53-44-23-17-35-14-13-34-15-20-39-49(55-29-54-39)52(44)48-42(58)22-16-33-3-2-24-50(33,48)25-26-51(34,35)52/h1,4-9,11-12,16-18,21-23,27,33-35,42,44,48,53,56-61H,2-3,10,13-15,19-20,24-26,28-29H2/b18-11+/t33-,34+,35+,42+,44-,48-,50+,51+,52-/m0/s1. The van der Waals surface area contributed by atoms with Crippen LogP contribution < -0.4 is 5.32 Å². The van der Waals surface area contributed by atoms with E-state index in [1.54, 1.807) is 30.4 Å². The lowest BCUT2D eigenvalue weighted by Crippen LogP contribution is -2.74. The summed E-state index contributed by atoms with van der Waals surface area (Å²) in [6.07, 6.45) is 24.2. The molecular formula is C52H55N3O6. The Morgan fingerprint density at radius 1 is 0.721 bits per heavy atom. The van der Waals surface area contributed by atoms with Gasteiger partial charge in [-0.25, -0.2) is 0 Å². The van der Waals surface area contributed by atoms with E-state index in [1.807, 2.05) is 0 Å². The molecule has 4 aromatic rings. The number of allylic oxidation sites excluding steroid dienone is 2. The molecule has 6 aliphatic carbocycles. The molecule has 9 atom stereocenters. The summed E-state index contributed by atoms with van der Waals surface area (Å²) in [5, 5.41) is 70.4. The lowest BCUT2D eigenvalue weighted by molar-refractivity contribution is -0.180. The van der Waals surface area contributed by atoms with Crippen LogP contribution in [0.15, 0.2) is 95.0 Å². The van der Waals surface area contributed by atoms with Crippen molar-refractivity contribution < 1.29 is 30.6 Å². The number of aliphatic imine (C=N–C) groups is 2. The predicted molar refractivity (Wildman–Crippen MR) is 239 cm³/mol.